The third-order valence-corrected chi connectivity index (χ3v) is 8.03. The molecule has 0 unspecified atom stereocenters. The minimum absolute atomic E-state index is 0.374. The molecule has 4 rings (SSSR count). The number of rotatable bonds is 5. The predicted molar refractivity (Wildman–Crippen MR) is 118 cm³/mol. The maximum atomic E-state index is 12.9. The molecule has 5 nitrogen and oxygen atoms in total. The average Bonchev–Trinajstić information content (AvgIpc) is 3.35. The molecule has 2 aliphatic carbocycles. The van der Waals surface area contributed by atoms with Crippen LogP contribution in [0.4, 0.5) is 10.5 Å². The Morgan fingerprint density at radius 2 is 1.72 bits per heavy atom. The Morgan fingerprint density at radius 3 is 2.34 bits per heavy atom. The van der Waals surface area contributed by atoms with Crippen LogP contribution in [-0.2, 0) is 42.0 Å². The highest BCUT2D eigenvalue weighted by Crippen LogP contribution is 2.38. The molecule has 0 fully saturated rings. The zero-order valence-corrected chi connectivity index (χ0v) is 17.8. The van der Waals surface area contributed by atoms with Gasteiger partial charge in [-0.2, -0.15) is 0 Å². The SMILES string of the molecule is C[C@H](CCc1ccccc1)[S@](N)(=O)=NC(=O)Nc1c2c(cc3c1CCC3)CCC2. The van der Waals surface area contributed by atoms with Crippen LogP contribution in [0.25, 0.3) is 0 Å². The lowest BCUT2D eigenvalue weighted by Crippen LogP contribution is -2.28. The van der Waals surface area contributed by atoms with Crippen LogP contribution in [-0.4, -0.2) is 15.5 Å². The van der Waals surface area contributed by atoms with E-state index in [0.717, 1.165) is 56.2 Å². The summed E-state index contributed by atoms with van der Waals surface area (Å²) in [5.74, 6) is 0. The van der Waals surface area contributed by atoms with Crippen molar-refractivity contribution in [1.29, 1.82) is 0 Å². The van der Waals surface area contributed by atoms with E-state index < -0.39 is 15.9 Å². The summed E-state index contributed by atoms with van der Waals surface area (Å²) >= 11 is 0. The van der Waals surface area contributed by atoms with E-state index in [4.69, 9.17) is 5.14 Å². The van der Waals surface area contributed by atoms with Gasteiger partial charge >= 0.3 is 6.03 Å². The monoisotopic (exact) mass is 411 g/mol. The molecule has 0 aromatic heterocycles. The molecule has 0 aliphatic heterocycles. The van der Waals surface area contributed by atoms with E-state index in [0.29, 0.717) is 6.42 Å². The molecule has 0 spiro atoms. The van der Waals surface area contributed by atoms with Crippen LogP contribution in [0, 0.1) is 0 Å². The molecule has 2 amide bonds. The minimum Gasteiger partial charge on any atom is -0.305 e. The van der Waals surface area contributed by atoms with E-state index >= 15 is 0 Å². The van der Waals surface area contributed by atoms with Gasteiger partial charge in [0.1, 0.15) is 9.92 Å². The Bertz CT molecular complexity index is 1010. The largest absolute Gasteiger partial charge is 0.354 e. The van der Waals surface area contributed by atoms with Gasteiger partial charge in [-0.25, -0.2) is 14.1 Å². The number of aryl methyl sites for hydroxylation is 3. The van der Waals surface area contributed by atoms with E-state index in [9.17, 15) is 9.00 Å². The summed E-state index contributed by atoms with van der Waals surface area (Å²) in [6.45, 7) is 1.81. The number of hydrogen-bond donors (Lipinski definition) is 2. The van der Waals surface area contributed by atoms with Crippen molar-refractivity contribution in [2.24, 2.45) is 9.50 Å². The molecule has 2 atom stereocenters. The maximum absolute atomic E-state index is 12.9. The summed E-state index contributed by atoms with van der Waals surface area (Å²) in [5.41, 5.74) is 7.21. The normalized spacial score (nSPS) is 17.9. The molecule has 2 aromatic rings. The van der Waals surface area contributed by atoms with Crippen molar-refractivity contribution in [3.05, 3.63) is 64.2 Å². The van der Waals surface area contributed by atoms with Crippen LogP contribution in [0.1, 0.15) is 54.0 Å². The van der Waals surface area contributed by atoms with Crippen LogP contribution >= 0.6 is 0 Å². The second-order valence-corrected chi connectivity index (χ2v) is 10.4. The van der Waals surface area contributed by atoms with Gasteiger partial charge in [-0.1, -0.05) is 36.4 Å². The van der Waals surface area contributed by atoms with Gasteiger partial charge in [0.05, 0.1) is 5.25 Å². The second-order valence-electron chi connectivity index (χ2n) is 8.20. The first-order chi connectivity index (χ1) is 13.9. The van der Waals surface area contributed by atoms with Gasteiger partial charge in [-0.05, 0) is 86.1 Å². The predicted octanol–water partition coefficient (Wildman–Crippen LogP) is 4.56. The van der Waals surface area contributed by atoms with E-state index in [1.54, 1.807) is 6.92 Å². The minimum atomic E-state index is -3.11. The van der Waals surface area contributed by atoms with Crippen molar-refractivity contribution in [2.45, 2.75) is 63.5 Å². The number of amides is 2. The Hall–Kier alpha value is -2.18. The van der Waals surface area contributed by atoms with Crippen LogP contribution in [0.15, 0.2) is 40.8 Å². The van der Waals surface area contributed by atoms with Crippen molar-refractivity contribution in [2.75, 3.05) is 5.32 Å². The lowest BCUT2D eigenvalue weighted by atomic mass is 9.99. The number of carbonyl (C=O) groups is 1. The van der Waals surface area contributed by atoms with E-state index in [2.05, 4.69) is 15.7 Å². The van der Waals surface area contributed by atoms with Gasteiger partial charge in [0, 0.05) is 5.69 Å². The lowest BCUT2D eigenvalue weighted by Gasteiger charge is -2.16. The fourth-order valence-corrected chi connectivity index (χ4v) is 5.44. The number of hydrogen-bond acceptors (Lipinski definition) is 2. The summed E-state index contributed by atoms with van der Waals surface area (Å²) in [5, 5.41) is 8.59. The first-order valence-electron chi connectivity index (χ1n) is 10.5. The molecule has 0 radical (unpaired) electrons. The van der Waals surface area contributed by atoms with Crippen LogP contribution in [0.2, 0.25) is 0 Å². The standard InChI is InChI=1S/C23H29N3O2S/c1-16(13-14-17-7-3-2-4-8-17)29(24,28)26-23(27)25-22-20-11-5-9-18(20)15-19-10-6-12-21(19)22/h2-4,7-8,15-16H,5-6,9-14H2,1H3,(H3,24,25,26,27,28)/t16-,29-/m1/s1. The summed E-state index contributed by atoms with van der Waals surface area (Å²) in [6, 6.07) is 11.7. The quantitative estimate of drug-likeness (QED) is 0.756. The van der Waals surface area contributed by atoms with E-state index in [1.807, 2.05) is 30.3 Å². The van der Waals surface area contributed by atoms with Gasteiger partial charge in [-0.15, -0.1) is 4.36 Å². The summed E-state index contributed by atoms with van der Waals surface area (Å²) < 4.78 is 16.8. The molecular formula is C23H29N3O2S. The van der Waals surface area contributed by atoms with Crippen LogP contribution < -0.4 is 10.5 Å². The van der Waals surface area contributed by atoms with Crippen molar-refractivity contribution >= 4 is 21.6 Å². The number of benzene rings is 2. The number of nitrogens with zero attached hydrogens (tertiary/aromatic N) is 1. The van der Waals surface area contributed by atoms with Gasteiger partial charge in [-0.3, -0.25) is 0 Å². The molecule has 2 aromatic carbocycles. The van der Waals surface area contributed by atoms with Crippen LogP contribution in [0.5, 0.6) is 0 Å². The Labute approximate surface area is 173 Å². The first-order valence-corrected chi connectivity index (χ1v) is 12.1. The van der Waals surface area contributed by atoms with Crippen molar-refractivity contribution in [3.63, 3.8) is 0 Å². The topological polar surface area (TPSA) is 84.6 Å². The molecule has 6 heteroatoms. The van der Waals surface area contributed by atoms with Gasteiger partial charge < -0.3 is 5.32 Å². The smallest absolute Gasteiger partial charge is 0.305 e. The highest BCUT2D eigenvalue weighted by atomic mass is 32.2. The third-order valence-electron chi connectivity index (χ3n) is 6.19. The lowest BCUT2D eigenvalue weighted by molar-refractivity contribution is 0.260. The van der Waals surface area contributed by atoms with E-state index in [-0.39, 0.29) is 5.25 Å². The fourth-order valence-electron chi connectivity index (χ4n) is 4.50. The molecule has 0 saturated carbocycles. The molecular weight excluding hydrogens is 382 g/mol. The number of urea groups is 1. The first kappa shape index (κ1) is 20.1. The number of fused-ring (bicyclic) bond motifs is 2. The second kappa shape index (κ2) is 8.28. The van der Waals surface area contributed by atoms with Gasteiger partial charge in [0.2, 0.25) is 0 Å². The molecule has 3 N–H and O–H groups in total. The Balaban J connectivity index is 1.50. The average molecular weight is 412 g/mol. The van der Waals surface area contributed by atoms with E-state index in [1.165, 1.54) is 22.3 Å². The number of nitrogens with two attached hydrogens (primary N) is 1. The molecule has 154 valence electrons. The molecule has 0 saturated heterocycles. The highest BCUT2D eigenvalue weighted by molar-refractivity contribution is 7.92. The number of anilines is 1. The van der Waals surface area contributed by atoms with Crippen LogP contribution in [0.3, 0.4) is 0 Å². The zero-order chi connectivity index (χ0) is 20.4. The van der Waals surface area contributed by atoms with Gasteiger partial charge in [0.15, 0.2) is 0 Å². The molecule has 2 aliphatic rings. The fraction of sp³-hybridized carbons (Fsp3) is 0.435. The third kappa shape index (κ3) is 4.38. The maximum Gasteiger partial charge on any atom is 0.354 e. The Kier molecular flexibility index (Phi) is 5.74. The molecule has 29 heavy (non-hydrogen) atoms. The zero-order valence-electron chi connectivity index (χ0n) is 16.9. The molecule has 0 heterocycles. The van der Waals surface area contributed by atoms with Crippen molar-refractivity contribution < 1.29 is 9.00 Å². The summed E-state index contributed by atoms with van der Waals surface area (Å²) in [4.78, 5) is 12.7. The van der Waals surface area contributed by atoms with Crippen molar-refractivity contribution in [1.82, 2.24) is 0 Å². The summed E-state index contributed by atoms with van der Waals surface area (Å²) in [6.07, 6.45) is 7.68. The van der Waals surface area contributed by atoms with Crippen molar-refractivity contribution in [3.8, 4) is 0 Å². The summed E-state index contributed by atoms with van der Waals surface area (Å²) in [7, 11) is -3.11. The Morgan fingerprint density at radius 1 is 1.10 bits per heavy atom. The number of carbonyl (C=O) groups excluding carboxylic acids is 1. The highest BCUT2D eigenvalue weighted by Gasteiger charge is 2.25. The molecule has 0 bridgehead atoms. The van der Waals surface area contributed by atoms with Gasteiger partial charge in [0.25, 0.3) is 0 Å². The number of nitrogens with one attached hydrogen (secondary N) is 1.